The van der Waals surface area contributed by atoms with E-state index in [1.54, 1.807) is 6.07 Å². The summed E-state index contributed by atoms with van der Waals surface area (Å²) < 4.78 is 0. The molecule has 0 saturated heterocycles. The highest BCUT2D eigenvalue weighted by Crippen LogP contribution is 2.25. The summed E-state index contributed by atoms with van der Waals surface area (Å²) in [5, 5.41) is 3.49. The maximum Gasteiger partial charge on any atom is 0.251 e. The molecule has 0 radical (unpaired) electrons. The molecule has 4 heteroatoms. The molecule has 2 atom stereocenters. The molecule has 18 heavy (non-hydrogen) atoms. The average molecular weight is 267 g/mol. The van der Waals surface area contributed by atoms with Crippen molar-refractivity contribution < 1.29 is 4.79 Å². The first-order valence-electron chi connectivity index (χ1n) is 6.57. The number of hydrogen-bond acceptors (Lipinski definition) is 2. The number of hydrogen-bond donors (Lipinski definition) is 1. The molecular weight excluding hydrogens is 248 g/mol. The van der Waals surface area contributed by atoms with Crippen LogP contribution in [0.4, 0.5) is 0 Å². The lowest BCUT2D eigenvalue weighted by Gasteiger charge is -2.17. The monoisotopic (exact) mass is 266 g/mol. The van der Waals surface area contributed by atoms with Gasteiger partial charge in [-0.05, 0) is 37.3 Å². The van der Waals surface area contributed by atoms with E-state index in [9.17, 15) is 4.79 Å². The maximum absolute atomic E-state index is 12.2. The zero-order valence-corrected chi connectivity index (χ0v) is 11.6. The van der Waals surface area contributed by atoms with Crippen LogP contribution >= 0.6 is 11.6 Å². The highest BCUT2D eigenvalue weighted by molar-refractivity contribution is 6.29. The second-order valence-electron chi connectivity index (χ2n) is 5.01. The summed E-state index contributed by atoms with van der Waals surface area (Å²) in [6.07, 6.45) is 4.25. The van der Waals surface area contributed by atoms with Gasteiger partial charge in [-0.3, -0.25) is 4.79 Å². The van der Waals surface area contributed by atoms with Crippen LogP contribution in [-0.2, 0) is 6.42 Å². The quantitative estimate of drug-likeness (QED) is 0.854. The smallest absolute Gasteiger partial charge is 0.251 e. The van der Waals surface area contributed by atoms with Crippen molar-refractivity contribution in [2.75, 3.05) is 0 Å². The Bertz CT molecular complexity index is 447. The maximum atomic E-state index is 12.2. The molecule has 98 valence electrons. The van der Waals surface area contributed by atoms with Gasteiger partial charge in [-0.2, -0.15) is 0 Å². The number of aromatic nitrogens is 1. The molecule has 0 spiro atoms. The van der Waals surface area contributed by atoms with Crippen LogP contribution in [0.15, 0.2) is 12.1 Å². The van der Waals surface area contributed by atoms with E-state index < -0.39 is 0 Å². The molecule has 0 aliphatic heterocycles. The Morgan fingerprint density at radius 1 is 1.50 bits per heavy atom. The Morgan fingerprint density at radius 2 is 2.28 bits per heavy atom. The van der Waals surface area contributed by atoms with Gasteiger partial charge in [0.2, 0.25) is 0 Å². The highest BCUT2D eigenvalue weighted by atomic mass is 35.5. The predicted octanol–water partition coefficient (Wildman–Crippen LogP) is 3.22. The number of carbonyl (C=O) groups is 1. The van der Waals surface area contributed by atoms with E-state index in [2.05, 4.69) is 17.2 Å². The second kappa shape index (κ2) is 5.70. The lowest BCUT2D eigenvalue weighted by atomic mass is 10.1. The topological polar surface area (TPSA) is 42.0 Å². The van der Waals surface area contributed by atoms with Crippen molar-refractivity contribution in [3.8, 4) is 0 Å². The molecule has 1 aromatic rings. The van der Waals surface area contributed by atoms with E-state index >= 15 is 0 Å². The zero-order valence-electron chi connectivity index (χ0n) is 10.9. The van der Waals surface area contributed by atoms with Gasteiger partial charge in [-0.15, -0.1) is 0 Å². The normalized spacial score (nSPS) is 23.1. The van der Waals surface area contributed by atoms with Crippen LogP contribution in [0.2, 0.25) is 5.15 Å². The van der Waals surface area contributed by atoms with Gasteiger partial charge in [-0.1, -0.05) is 31.9 Å². The number of nitrogens with zero attached hydrogens (tertiary/aromatic N) is 1. The van der Waals surface area contributed by atoms with Gasteiger partial charge in [0.15, 0.2) is 0 Å². The fraction of sp³-hybridized carbons (Fsp3) is 0.571. The molecule has 1 amide bonds. The van der Waals surface area contributed by atoms with Gasteiger partial charge in [0.25, 0.3) is 5.91 Å². The molecule has 1 saturated carbocycles. The number of carbonyl (C=O) groups excluding carboxylic acids is 1. The molecular formula is C14H19ClN2O. The molecule has 1 fully saturated rings. The third-order valence-corrected chi connectivity index (χ3v) is 3.84. The molecule has 2 unspecified atom stereocenters. The summed E-state index contributed by atoms with van der Waals surface area (Å²) in [4.78, 5) is 16.3. The van der Waals surface area contributed by atoms with Crippen LogP contribution in [0, 0.1) is 5.92 Å². The van der Waals surface area contributed by atoms with Gasteiger partial charge in [-0.25, -0.2) is 4.98 Å². The molecule has 1 aliphatic rings. The third kappa shape index (κ3) is 3.02. The van der Waals surface area contributed by atoms with E-state index in [0.717, 1.165) is 18.5 Å². The Balaban J connectivity index is 2.10. The predicted molar refractivity (Wildman–Crippen MR) is 72.9 cm³/mol. The molecule has 1 aliphatic carbocycles. The van der Waals surface area contributed by atoms with Crippen molar-refractivity contribution in [1.82, 2.24) is 10.3 Å². The Labute approximate surface area is 113 Å². The largest absolute Gasteiger partial charge is 0.349 e. The van der Waals surface area contributed by atoms with E-state index in [-0.39, 0.29) is 5.91 Å². The van der Waals surface area contributed by atoms with Crippen molar-refractivity contribution in [2.24, 2.45) is 5.92 Å². The molecule has 0 bridgehead atoms. The summed E-state index contributed by atoms with van der Waals surface area (Å²) in [7, 11) is 0. The van der Waals surface area contributed by atoms with Crippen molar-refractivity contribution in [1.29, 1.82) is 0 Å². The van der Waals surface area contributed by atoms with Crippen molar-refractivity contribution in [2.45, 2.75) is 45.6 Å². The molecule has 2 rings (SSSR count). The van der Waals surface area contributed by atoms with Crippen LogP contribution in [0.1, 0.15) is 49.2 Å². The highest BCUT2D eigenvalue weighted by Gasteiger charge is 2.25. The first-order chi connectivity index (χ1) is 8.60. The van der Waals surface area contributed by atoms with Crippen molar-refractivity contribution >= 4 is 17.5 Å². The number of rotatable bonds is 3. The van der Waals surface area contributed by atoms with Gasteiger partial charge >= 0.3 is 0 Å². The Morgan fingerprint density at radius 3 is 2.89 bits per heavy atom. The van der Waals surface area contributed by atoms with Crippen molar-refractivity contribution in [3.63, 3.8) is 0 Å². The Kier molecular flexibility index (Phi) is 4.23. The standard InChI is InChI=1S/C14H19ClN2O/c1-3-11-7-10(8-13(15)16-11)14(18)17-12-6-4-5-9(12)2/h7-9,12H,3-6H2,1-2H3,(H,17,18). The van der Waals surface area contributed by atoms with Gasteiger partial charge < -0.3 is 5.32 Å². The van der Waals surface area contributed by atoms with Crippen LogP contribution < -0.4 is 5.32 Å². The minimum Gasteiger partial charge on any atom is -0.349 e. The summed E-state index contributed by atoms with van der Waals surface area (Å²) in [5.74, 6) is 0.532. The fourth-order valence-electron chi connectivity index (χ4n) is 2.48. The van der Waals surface area contributed by atoms with Crippen molar-refractivity contribution in [3.05, 3.63) is 28.5 Å². The Hall–Kier alpha value is -1.09. The minimum absolute atomic E-state index is 0.0345. The summed E-state index contributed by atoms with van der Waals surface area (Å²) >= 11 is 5.93. The summed E-state index contributed by atoms with van der Waals surface area (Å²) in [5.41, 5.74) is 1.47. The zero-order chi connectivity index (χ0) is 13.1. The molecule has 0 aromatic carbocycles. The fourth-order valence-corrected chi connectivity index (χ4v) is 2.70. The van der Waals surface area contributed by atoms with Crippen LogP contribution in [-0.4, -0.2) is 16.9 Å². The van der Waals surface area contributed by atoms with E-state index in [0.29, 0.717) is 22.7 Å². The number of pyridine rings is 1. The number of amides is 1. The van der Waals surface area contributed by atoms with Crippen LogP contribution in [0.3, 0.4) is 0 Å². The molecule has 1 heterocycles. The third-order valence-electron chi connectivity index (χ3n) is 3.65. The lowest BCUT2D eigenvalue weighted by molar-refractivity contribution is 0.0929. The molecule has 3 nitrogen and oxygen atoms in total. The van der Waals surface area contributed by atoms with Gasteiger partial charge in [0.05, 0.1) is 0 Å². The number of halogens is 1. The number of nitrogens with one attached hydrogen (secondary N) is 1. The number of aryl methyl sites for hydroxylation is 1. The molecule has 1 aromatic heterocycles. The van der Waals surface area contributed by atoms with E-state index in [4.69, 9.17) is 11.6 Å². The molecule has 1 N–H and O–H groups in total. The van der Waals surface area contributed by atoms with Crippen LogP contribution in [0.25, 0.3) is 0 Å². The van der Waals surface area contributed by atoms with E-state index in [1.807, 2.05) is 13.0 Å². The van der Waals surface area contributed by atoms with Gasteiger partial charge in [0.1, 0.15) is 5.15 Å². The first kappa shape index (κ1) is 13.3. The van der Waals surface area contributed by atoms with E-state index in [1.165, 1.54) is 12.8 Å². The lowest BCUT2D eigenvalue weighted by Crippen LogP contribution is -2.36. The minimum atomic E-state index is -0.0345. The second-order valence-corrected chi connectivity index (χ2v) is 5.40. The summed E-state index contributed by atoms with van der Waals surface area (Å²) in [6.45, 7) is 4.19. The first-order valence-corrected chi connectivity index (χ1v) is 6.95. The summed E-state index contributed by atoms with van der Waals surface area (Å²) in [6, 6.07) is 3.76. The average Bonchev–Trinajstić information content (AvgIpc) is 2.74. The SMILES string of the molecule is CCc1cc(C(=O)NC2CCCC2C)cc(Cl)n1. The van der Waals surface area contributed by atoms with Gasteiger partial charge in [0, 0.05) is 17.3 Å². The van der Waals surface area contributed by atoms with Crippen LogP contribution in [0.5, 0.6) is 0 Å².